The molecule has 0 saturated heterocycles. The molecule has 1 heterocycles. The van der Waals surface area contributed by atoms with E-state index in [9.17, 15) is 0 Å². The van der Waals surface area contributed by atoms with Crippen LogP contribution < -0.4 is 0 Å². The van der Waals surface area contributed by atoms with E-state index in [1.165, 1.54) is 40.8 Å². The van der Waals surface area contributed by atoms with E-state index >= 15 is 0 Å². The fourth-order valence-corrected chi connectivity index (χ4v) is 3.12. The Morgan fingerprint density at radius 2 is 1.80 bits per heavy atom. The highest BCUT2D eigenvalue weighted by Crippen LogP contribution is 2.31. The molecule has 0 amide bonds. The predicted molar refractivity (Wildman–Crippen MR) is 86.0 cm³/mol. The lowest BCUT2D eigenvalue weighted by atomic mass is 9.89. The van der Waals surface area contributed by atoms with E-state index in [2.05, 4.69) is 68.3 Å². The first-order chi connectivity index (χ1) is 9.65. The second-order valence-corrected chi connectivity index (χ2v) is 6.21. The number of hydrogen-bond acceptors (Lipinski definition) is 1. The quantitative estimate of drug-likeness (QED) is 0.774. The van der Waals surface area contributed by atoms with Gasteiger partial charge in [0.25, 0.3) is 0 Å². The van der Waals surface area contributed by atoms with Crippen molar-refractivity contribution in [3.05, 3.63) is 59.2 Å². The van der Waals surface area contributed by atoms with Crippen molar-refractivity contribution < 1.29 is 0 Å². The average molecular weight is 265 g/mol. The number of benzene rings is 2. The van der Waals surface area contributed by atoms with Crippen LogP contribution in [0.4, 0.5) is 0 Å². The zero-order valence-corrected chi connectivity index (χ0v) is 12.7. The fourth-order valence-electron chi connectivity index (χ4n) is 3.12. The van der Waals surface area contributed by atoms with Gasteiger partial charge < -0.3 is 4.90 Å². The molecule has 3 rings (SSSR count). The molecular weight excluding hydrogens is 242 g/mol. The van der Waals surface area contributed by atoms with Crippen LogP contribution in [0.2, 0.25) is 0 Å². The van der Waals surface area contributed by atoms with E-state index in [1.54, 1.807) is 0 Å². The summed E-state index contributed by atoms with van der Waals surface area (Å²) >= 11 is 0. The van der Waals surface area contributed by atoms with Gasteiger partial charge in [0, 0.05) is 13.1 Å². The predicted octanol–water partition coefficient (Wildman–Crippen LogP) is 4.46. The van der Waals surface area contributed by atoms with Gasteiger partial charge in [-0.15, -0.1) is 0 Å². The minimum atomic E-state index is 0.563. The van der Waals surface area contributed by atoms with Crippen molar-refractivity contribution >= 4 is 0 Å². The molecule has 0 saturated carbocycles. The summed E-state index contributed by atoms with van der Waals surface area (Å²) in [6, 6.07) is 15.8. The first-order valence-corrected chi connectivity index (χ1v) is 7.55. The van der Waals surface area contributed by atoms with Gasteiger partial charge in [-0.25, -0.2) is 0 Å². The van der Waals surface area contributed by atoms with Gasteiger partial charge in [-0.05, 0) is 47.2 Å². The molecule has 0 unspecified atom stereocenters. The Kier molecular flexibility index (Phi) is 3.62. The molecule has 104 valence electrons. The van der Waals surface area contributed by atoms with E-state index in [1.807, 2.05) is 0 Å². The Hall–Kier alpha value is -1.60. The Morgan fingerprint density at radius 1 is 1.00 bits per heavy atom. The number of hydrogen-bond donors (Lipinski definition) is 0. The third-order valence-corrected chi connectivity index (χ3v) is 4.30. The number of nitrogens with zero attached hydrogens (tertiary/aromatic N) is 1. The molecule has 0 N–H and O–H groups in total. The van der Waals surface area contributed by atoms with Crippen molar-refractivity contribution in [2.75, 3.05) is 13.6 Å². The molecule has 1 nitrogen and oxygen atoms in total. The molecule has 0 radical (unpaired) electrons. The van der Waals surface area contributed by atoms with Gasteiger partial charge in [-0.3, -0.25) is 0 Å². The number of fused-ring (bicyclic) bond motifs is 1. The Morgan fingerprint density at radius 3 is 2.60 bits per heavy atom. The summed E-state index contributed by atoms with van der Waals surface area (Å²) in [6.45, 7) is 6.79. The zero-order valence-electron chi connectivity index (χ0n) is 12.7. The van der Waals surface area contributed by atoms with Gasteiger partial charge in [-0.1, -0.05) is 56.3 Å². The van der Waals surface area contributed by atoms with E-state index in [0.29, 0.717) is 5.92 Å². The molecule has 20 heavy (non-hydrogen) atoms. The maximum atomic E-state index is 2.41. The molecule has 1 aliphatic rings. The second kappa shape index (κ2) is 5.41. The monoisotopic (exact) mass is 265 g/mol. The molecule has 0 aromatic heterocycles. The van der Waals surface area contributed by atoms with Crippen LogP contribution in [-0.2, 0) is 13.0 Å². The molecule has 0 spiro atoms. The standard InChI is InChI=1S/C19H23N/c1-14(2)18-6-4-5-7-19(18)16-8-9-17-13-20(3)11-10-15(17)12-16/h4-9,12,14H,10-11,13H2,1-3H3. The van der Waals surface area contributed by atoms with Crippen molar-refractivity contribution in [3.8, 4) is 11.1 Å². The van der Waals surface area contributed by atoms with Crippen LogP contribution in [-0.4, -0.2) is 18.5 Å². The summed E-state index contributed by atoms with van der Waals surface area (Å²) in [7, 11) is 2.20. The molecular formula is C19H23N. The lowest BCUT2D eigenvalue weighted by Crippen LogP contribution is -2.26. The Labute approximate surface area is 122 Å². The van der Waals surface area contributed by atoms with Crippen molar-refractivity contribution in [1.29, 1.82) is 0 Å². The van der Waals surface area contributed by atoms with E-state index in [4.69, 9.17) is 0 Å². The van der Waals surface area contributed by atoms with Crippen molar-refractivity contribution in [3.63, 3.8) is 0 Å². The maximum absolute atomic E-state index is 2.41. The largest absolute Gasteiger partial charge is 0.302 e. The molecule has 0 fully saturated rings. The minimum Gasteiger partial charge on any atom is -0.302 e. The Bertz CT molecular complexity index is 613. The SMILES string of the molecule is CC(C)c1ccccc1-c1ccc2c(c1)CCN(C)C2. The summed E-state index contributed by atoms with van der Waals surface area (Å²) in [4.78, 5) is 2.39. The highest BCUT2D eigenvalue weighted by Gasteiger charge is 2.15. The van der Waals surface area contributed by atoms with Crippen LogP contribution in [0.1, 0.15) is 36.5 Å². The van der Waals surface area contributed by atoms with Crippen LogP contribution in [0.3, 0.4) is 0 Å². The third-order valence-electron chi connectivity index (χ3n) is 4.30. The zero-order chi connectivity index (χ0) is 14.1. The summed E-state index contributed by atoms with van der Waals surface area (Å²) in [5.41, 5.74) is 7.23. The van der Waals surface area contributed by atoms with Gasteiger partial charge in [0.2, 0.25) is 0 Å². The Balaban J connectivity index is 2.04. The molecule has 0 aliphatic carbocycles. The first kappa shape index (κ1) is 13.4. The maximum Gasteiger partial charge on any atom is 0.0233 e. The van der Waals surface area contributed by atoms with Gasteiger partial charge in [0.15, 0.2) is 0 Å². The molecule has 2 aromatic rings. The summed E-state index contributed by atoms with van der Waals surface area (Å²) in [5.74, 6) is 0.563. The summed E-state index contributed by atoms with van der Waals surface area (Å²) in [6.07, 6.45) is 1.17. The molecule has 1 heteroatoms. The first-order valence-electron chi connectivity index (χ1n) is 7.55. The number of likely N-dealkylation sites (N-methyl/N-ethyl adjacent to an activating group) is 1. The van der Waals surface area contributed by atoms with E-state index < -0.39 is 0 Å². The normalized spacial score (nSPS) is 15.4. The van der Waals surface area contributed by atoms with Gasteiger partial charge >= 0.3 is 0 Å². The minimum absolute atomic E-state index is 0.563. The van der Waals surface area contributed by atoms with Gasteiger partial charge in [0.05, 0.1) is 0 Å². The van der Waals surface area contributed by atoms with Gasteiger partial charge in [0.1, 0.15) is 0 Å². The topological polar surface area (TPSA) is 3.24 Å². The second-order valence-electron chi connectivity index (χ2n) is 6.21. The van der Waals surface area contributed by atoms with Crippen molar-refractivity contribution in [1.82, 2.24) is 4.90 Å². The lowest BCUT2D eigenvalue weighted by molar-refractivity contribution is 0.313. The third kappa shape index (κ3) is 2.51. The lowest BCUT2D eigenvalue weighted by Gasteiger charge is -2.25. The van der Waals surface area contributed by atoms with Crippen LogP contribution in [0, 0.1) is 0 Å². The highest BCUT2D eigenvalue weighted by molar-refractivity contribution is 5.69. The molecule has 2 aromatic carbocycles. The van der Waals surface area contributed by atoms with E-state index in [0.717, 1.165) is 6.54 Å². The van der Waals surface area contributed by atoms with Crippen LogP contribution >= 0.6 is 0 Å². The highest BCUT2D eigenvalue weighted by atomic mass is 15.1. The van der Waals surface area contributed by atoms with Crippen molar-refractivity contribution in [2.24, 2.45) is 0 Å². The van der Waals surface area contributed by atoms with E-state index in [-0.39, 0.29) is 0 Å². The molecule has 0 bridgehead atoms. The van der Waals surface area contributed by atoms with Crippen LogP contribution in [0.25, 0.3) is 11.1 Å². The summed E-state index contributed by atoms with van der Waals surface area (Å²) in [5, 5.41) is 0. The molecule has 0 atom stereocenters. The van der Waals surface area contributed by atoms with Gasteiger partial charge in [-0.2, -0.15) is 0 Å². The average Bonchev–Trinajstić information content (AvgIpc) is 2.46. The summed E-state index contributed by atoms with van der Waals surface area (Å²) < 4.78 is 0. The smallest absolute Gasteiger partial charge is 0.0233 e. The van der Waals surface area contributed by atoms with Crippen LogP contribution in [0.15, 0.2) is 42.5 Å². The fraction of sp³-hybridized carbons (Fsp3) is 0.368. The number of rotatable bonds is 2. The van der Waals surface area contributed by atoms with Crippen molar-refractivity contribution in [2.45, 2.75) is 32.7 Å². The molecule has 1 aliphatic heterocycles. The van der Waals surface area contributed by atoms with Crippen LogP contribution in [0.5, 0.6) is 0 Å².